The number of nitrogens with one attached hydrogen (secondary N) is 2. The van der Waals surface area contributed by atoms with Gasteiger partial charge in [-0.25, -0.2) is 0 Å². The Morgan fingerprint density at radius 2 is 2.40 bits per heavy atom. The Bertz CT molecular complexity index is 136. The fraction of sp³-hybridized carbons (Fsp3) is 0.857. The van der Waals surface area contributed by atoms with Gasteiger partial charge in [-0.2, -0.15) is 0 Å². The standard InChI is InChI=1S/C7H14N2O/c1-3-6-4-8-5(2)7(10)9-6/h5-6,8H,3-4H2,1-2H3,(H,9,10)/t5-,6-/m0/s1. The van der Waals surface area contributed by atoms with E-state index in [1.54, 1.807) is 0 Å². The molecule has 1 heterocycles. The molecule has 1 fully saturated rings. The van der Waals surface area contributed by atoms with Crippen molar-refractivity contribution in [3.63, 3.8) is 0 Å². The second kappa shape index (κ2) is 3.01. The summed E-state index contributed by atoms with van der Waals surface area (Å²) in [5.41, 5.74) is 0. The Kier molecular flexibility index (Phi) is 2.27. The van der Waals surface area contributed by atoms with Crippen molar-refractivity contribution in [1.29, 1.82) is 0 Å². The van der Waals surface area contributed by atoms with Crippen molar-refractivity contribution in [3.05, 3.63) is 0 Å². The highest BCUT2D eigenvalue weighted by molar-refractivity contribution is 5.82. The number of rotatable bonds is 1. The lowest BCUT2D eigenvalue weighted by molar-refractivity contribution is -0.124. The molecule has 0 aliphatic carbocycles. The van der Waals surface area contributed by atoms with Crippen LogP contribution in [0.25, 0.3) is 0 Å². The molecule has 0 aromatic rings. The Morgan fingerprint density at radius 1 is 1.70 bits per heavy atom. The molecule has 3 nitrogen and oxygen atoms in total. The highest BCUT2D eigenvalue weighted by atomic mass is 16.2. The molecule has 1 aliphatic rings. The van der Waals surface area contributed by atoms with E-state index in [0.29, 0.717) is 6.04 Å². The molecule has 0 spiro atoms. The molecule has 1 rings (SSSR count). The van der Waals surface area contributed by atoms with Crippen molar-refractivity contribution in [2.24, 2.45) is 0 Å². The van der Waals surface area contributed by atoms with Crippen LogP contribution >= 0.6 is 0 Å². The highest BCUT2D eigenvalue weighted by Gasteiger charge is 2.21. The smallest absolute Gasteiger partial charge is 0.237 e. The Morgan fingerprint density at radius 3 is 2.90 bits per heavy atom. The number of hydrogen-bond acceptors (Lipinski definition) is 2. The van der Waals surface area contributed by atoms with Crippen LogP contribution in [0.1, 0.15) is 20.3 Å². The number of piperazine rings is 1. The van der Waals surface area contributed by atoms with E-state index in [2.05, 4.69) is 17.6 Å². The average molecular weight is 142 g/mol. The van der Waals surface area contributed by atoms with Gasteiger partial charge in [-0.1, -0.05) is 6.92 Å². The third-order valence-electron chi connectivity index (χ3n) is 1.90. The molecular formula is C7H14N2O. The predicted octanol–water partition coefficient (Wildman–Crippen LogP) is -0.127. The summed E-state index contributed by atoms with van der Waals surface area (Å²) >= 11 is 0. The van der Waals surface area contributed by atoms with Crippen LogP contribution in [-0.2, 0) is 4.79 Å². The van der Waals surface area contributed by atoms with Crippen LogP contribution in [0.15, 0.2) is 0 Å². The molecule has 0 saturated carbocycles. The third kappa shape index (κ3) is 1.48. The second-order valence-corrected chi connectivity index (χ2v) is 2.74. The molecule has 0 unspecified atom stereocenters. The normalized spacial score (nSPS) is 33.6. The molecule has 2 N–H and O–H groups in total. The number of amides is 1. The van der Waals surface area contributed by atoms with Gasteiger partial charge in [-0.15, -0.1) is 0 Å². The molecule has 0 aromatic heterocycles. The van der Waals surface area contributed by atoms with Crippen molar-refractivity contribution in [3.8, 4) is 0 Å². The summed E-state index contributed by atoms with van der Waals surface area (Å²) in [6, 6.07) is 0.325. The van der Waals surface area contributed by atoms with Crippen LogP contribution in [0, 0.1) is 0 Å². The van der Waals surface area contributed by atoms with Crippen molar-refractivity contribution in [2.75, 3.05) is 6.54 Å². The predicted molar refractivity (Wildman–Crippen MR) is 39.7 cm³/mol. The molecule has 0 aromatic carbocycles. The van der Waals surface area contributed by atoms with Crippen LogP contribution in [0.2, 0.25) is 0 Å². The van der Waals surface area contributed by atoms with E-state index < -0.39 is 0 Å². The highest BCUT2D eigenvalue weighted by Crippen LogP contribution is 1.97. The van der Waals surface area contributed by atoms with Crippen LogP contribution in [0.3, 0.4) is 0 Å². The molecule has 3 heteroatoms. The van der Waals surface area contributed by atoms with Crippen LogP contribution < -0.4 is 10.6 Å². The van der Waals surface area contributed by atoms with E-state index in [0.717, 1.165) is 13.0 Å². The van der Waals surface area contributed by atoms with Gasteiger partial charge in [0, 0.05) is 12.6 Å². The lowest BCUT2D eigenvalue weighted by Gasteiger charge is -2.27. The first-order chi connectivity index (χ1) is 4.74. The van der Waals surface area contributed by atoms with E-state index in [9.17, 15) is 4.79 Å². The van der Waals surface area contributed by atoms with Crippen LogP contribution in [0.4, 0.5) is 0 Å². The Labute approximate surface area is 61.2 Å². The zero-order valence-electron chi connectivity index (χ0n) is 6.48. The van der Waals surface area contributed by atoms with Gasteiger partial charge in [0.15, 0.2) is 0 Å². The zero-order valence-corrected chi connectivity index (χ0v) is 6.48. The minimum Gasteiger partial charge on any atom is -0.351 e. The number of carbonyl (C=O) groups is 1. The fourth-order valence-electron chi connectivity index (χ4n) is 1.04. The largest absolute Gasteiger partial charge is 0.351 e. The first-order valence-corrected chi connectivity index (χ1v) is 3.77. The topological polar surface area (TPSA) is 41.1 Å². The van der Waals surface area contributed by atoms with Gasteiger partial charge in [0.2, 0.25) is 5.91 Å². The molecule has 10 heavy (non-hydrogen) atoms. The summed E-state index contributed by atoms with van der Waals surface area (Å²) < 4.78 is 0. The molecule has 0 bridgehead atoms. The minimum atomic E-state index is -0.0113. The summed E-state index contributed by atoms with van der Waals surface area (Å²) in [6.45, 7) is 4.85. The summed E-state index contributed by atoms with van der Waals surface area (Å²) in [6.07, 6.45) is 1.01. The number of carbonyl (C=O) groups excluding carboxylic acids is 1. The van der Waals surface area contributed by atoms with Crippen molar-refractivity contribution >= 4 is 5.91 Å². The second-order valence-electron chi connectivity index (χ2n) is 2.74. The SMILES string of the molecule is CC[C@H]1CN[C@@H](C)C(=O)N1. The van der Waals surface area contributed by atoms with Crippen molar-refractivity contribution in [1.82, 2.24) is 10.6 Å². The molecule has 58 valence electrons. The van der Waals surface area contributed by atoms with Gasteiger partial charge < -0.3 is 10.6 Å². The van der Waals surface area contributed by atoms with E-state index in [4.69, 9.17) is 0 Å². The van der Waals surface area contributed by atoms with E-state index in [1.165, 1.54) is 0 Å². The molecule has 1 saturated heterocycles. The van der Waals surface area contributed by atoms with E-state index in [1.807, 2.05) is 6.92 Å². The third-order valence-corrected chi connectivity index (χ3v) is 1.90. The van der Waals surface area contributed by atoms with Gasteiger partial charge >= 0.3 is 0 Å². The van der Waals surface area contributed by atoms with Gasteiger partial charge in [0.05, 0.1) is 6.04 Å². The first kappa shape index (κ1) is 7.54. The van der Waals surface area contributed by atoms with Gasteiger partial charge in [0.1, 0.15) is 0 Å². The van der Waals surface area contributed by atoms with Crippen molar-refractivity contribution < 1.29 is 4.79 Å². The Balaban J connectivity index is 2.41. The lowest BCUT2D eigenvalue weighted by Crippen LogP contribution is -2.56. The van der Waals surface area contributed by atoms with E-state index >= 15 is 0 Å². The quantitative estimate of drug-likeness (QED) is 0.535. The average Bonchev–Trinajstić information content (AvgIpc) is 1.95. The molecular weight excluding hydrogens is 128 g/mol. The number of hydrogen-bond donors (Lipinski definition) is 2. The summed E-state index contributed by atoms with van der Waals surface area (Å²) in [7, 11) is 0. The summed E-state index contributed by atoms with van der Waals surface area (Å²) in [4.78, 5) is 11.0. The van der Waals surface area contributed by atoms with Gasteiger partial charge in [0.25, 0.3) is 0 Å². The monoisotopic (exact) mass is 142 g/mol. The molecule has 1 amide bonds. The van der Waals surface area contributed by atoms with Crippen molar-refractivity contribution in [2.45, 2.75) is 32.4 Å². The Hall–Kier alpha value is -0.570. The first-order valence-electron chi connectivity index (χ1n) is 3.77. The van der Waals surface area contributed by atoms with Gasteiger partial charge in [-0.3, -0.25) is 4.79 Å². The minimum absolute atomic E-state index is 0.0113. The summed E-state index contributed by atoms with van der Waals surface area (Å²) in [5, 5.41) is 6.04. The summed E-state index contributed by atoms with van der Waals surface area (Å²) in [5.74, 6) is 0.123. The maximum Gasteiger partial charge on any atom is 0.237 e. The maximum atomic E-state index is 11.0. The van der Waals surface area contributed by atoms with Gasteiger partial charge in [-0.05, 0) is 13.3 Å². The molecule has 2 atom stereocenters. The maximum absolute atomic E-state index is 11.0. The van der Waals surface area contributed by atoms with Crippen LogP contribution in [-0.4, -0.2) is 24.5 Å². The molecule has 1 aliphatic heterocycles. The molecule has 0 radical (unpaired) electrons. The fourth-order valence-corrected chi connectivity index (χ4v) is 1.04. The van der Waals surface area contributed by atoms with E-state index in [-0.39, 0.29) is 11.9 Å². The van der Waals surface area contributed by atoms with Crippen LogP contribution in [0.5, 0.6) is 0 Å². The lowest BCUT2D eigenvalue weighted by atomic mass is 10.1. The zero-order chi connectivity index (χ0) is 7.56.